The van der Waals surface area contributed by atoms with Gasteiger partial charge in [0.15, 0.2) is 5.78 Å². The van der Waals surface area contributed by atoms with Crippen LogP contribution in [0, 0.1) is 43.6 Å². The van der Waals surface area contributed by atoms with Crippen LogP contribution in [0.2, 0.25) is 0 Å². The molecule has 5 rings (SSSR count). The number of hydrogen-bond donors (Lipinski definition) is 1. The number of hydrogen-bond acceptors (Lipinski definition) is 4. The Labute approximate surface area is 290 Å². The van der Waals surface area contributed by atoms with E-state index in [1.165, 1.54) is 39.1 Å². The molecule has 0 bridgehead atoms. The molecule has 4 aromatic rings. The van der Waals surface area contributed by atoms with Gasteiger partial charge < -0.3 is 9.84 Å². The number of aryl methyl sites for hydroxylation is 3. The Balaban J connectivity index is 0.000000280. The maximum Gasteiger partial charge on any atom is 0.164 e. The van der Waals surface area contributed by atoms with Gasteiger partial charge in [0, 0.05) is 54.3 Å². The van der Waals surface area contributed by atoms with Crippen molar-refractivity contribution in [3.8, 4) is 22.8 Å². The van der Waals surface area contributed by atoms with Crippen molar-refractivity contribution < 1.29 is 34.7 Å². The summed E-state index contributed by atoms with van der Waals surface area (Å²) < 4.78 is 6.52. The van der Waals surface area contributed by atoms with Crippen LogP contribution in [0.25, 0.3) is 32.8 Å². The molecule has 2 heterocycles. The van der Waals surface area contributed by atoms with E-state index in [2.05, 4.69) is 71.0 Å². The Morgan fingerprint density at radius 2 is 1.59 bits per heavy atom. The largest absolute Gasteiger partial charge is 0.512 e. The van der Waals surface area contributed by atoms with Gasteiger partial charge >= 0.3 is 0 Å². The van der Waals surface area contributed by atoms with Gasteiger partial charge in [-0.3, -0.25) is 9.78 Å². The zero-order valence-electron chi connectivity index (χ0n) is 29.7. The monoisotopic (exact) mass is 799 g/mol. The molecular formula is C41H52IrNO3-. The molecule has 46 heavy (non-hydrogen) atoms. The van der Waals surface area contributed by atoms with Gasteiger partial charge in [0.25, 0.3) is 0 Å². The topological polar surface area (TPSA) is 59.4 Å². The standard InChI is InChI=1S/C26H24NO.C15H28O2.Ir/c1-14(2)8-18-11-19-6-7-27-25-21-13-20-10-15(3)9-16(4)23(20)17(5)26(21)28-22(12-18)24(19)25;1-7-14(5,8-2)12(16)11-13(17)15(6,9-3)10-4;/h6-7,9-12,14H,8H2,1-5H3;11,16H,7-10H2,1-6H3;/q-1;;/b;12-11-;. The summed E-state index contributed by atoms with van der Waals surface area (Å²) in [7, 11) is 0. The van der Waals surface area contributed by atoms with Crippen LogP contribution in [-0.2, 0) is 31.3 Å². The molecule has 4 nitrogen and oxygen atoms in total. The first-order chi connectivity index (χ1) is 21.2. The molecule has 1 aliphatic rings. The summed E-state index contributed by atoms with van der Waals surface area (Å²) in [4.78, 5) is 16.9. The van der Waals surface area contributed by atoms with E-state index in [0.717, 1.165) is 65.6 Å². The van der Waals surface area contributed by atoms with Crippen LogP contribution in [-0.4, -0.2) is 15.9 Å². The number of fused-ring (bicyclic) bond motifs is 3. The minimum atomic E-state index is -0.337. The summed E-state index contributed by atoms with van der Waals surface area (Å²) >= 11 is 0. The number of ether oxygens (including phenoxy) is 1. The molecule has 249 valence electrons. The SMILES string of the molecule is CCC(C)(CC)C(=O)/C=C(\O)C(C)(CC)CC.Cc1cc(C)c2c(C)c3c([c-]c2c1)-c1nccc2cc(CC(C)C)cc(c12)O3.[Ir]. The van der Waals surface area contributed by atoms with Gasteiger partial charge in [-0.05, 0) is 81.9 Å². The van der Waals surface area contributed by atoms with Gasteiger partial charge in [-0.2, -0.15) is 0 Å². The number of allylic oxidation sites excluding steroid dienone is 2. The van der Waals surface area contributed by atoms with Gasteiger partial charge in [0.2, 0.25) is 0 Å². The molecular weight excluding hydrogens is 747 g/mol. The van der Waals surface area contributed by atoms with Crippen LogP contribution in [0.15, 0.2) is 48.4 Å². The first kappa shape index (κ1) is 37.4. The van der Waals surface area contributed by atoms with Gasteiger partial charge in [-0.25, -0.2) is 0 Å². The molecule has 0 spiro atoms. The number of benzene rings is 3. The Hall–Kier alpha value is -3.01. The number of rotatable bonds is 9. The first-order valence-corrected chi connectivity index (χ1v) is 16.7. The third-order valence-corrected chi connectivity index (χ3v) is 10.3. The van der Waals surface area contributed by atoms with E-state index < -0.39 is 0 Å². The molecule has 0 fully saturated rings. The number of aromatic nitrogens is 1. The molecule has 1 aromatic heterocycles. The van der Waals surface area contributed by atoms with Crippen molar-refractivity contribution in [3.63, 3.8) is 0 Å². The number of pyridine rings is 1. The molecule has 5 heteroatoms. The number of carbonyl (C=O) groups excluding carboxylic acids is 1. The summed E-state index contributed by atoms with van der Waals surface area (Å²) in [6.45, 7) is 23.0. The van der Waals surface area contributed by atoms with E-state index in [9.17, 15) is 9.90 Å². The molecule has 3 aromatic carbocycles. The van der Waals surface area contributed by atoms with Crippen LogP contribution < -0.4 is 4.74 Å². The summed E-state index contributed by atoms with van der Waals surface area (Å²) in [5.74, 6) is 2.71. The molecule has 0 aliphatic carbocycles. The van der Waals surface area contributed by atoms with E-state index in [0.29, 0.717) is 5.92 Å². The second-order valence-electron chi connectivity index (χ2n) is 13.9. The Kier molecular flexibility index (Phi) is 12.1. The third-order valence-electron chi connectivity index (χ3n) is 10.3. The van der Waals surface area contributed by atoms with Crippen molar-refractivity contribution in [1.29, 1.82) is 0 Å². The Bertz CT molecular complexity index is 1760. The van der Waals surface area contributed by atoms with Crippen molar-refractivity contribution in [2.24, 2.45) is 16.7 Å². The van der Waals surface area contributed by atoms with Crippen LogP contribution in [0.3, 0.4) is 0 Å². The maximum atomic E-state index is 12.2. The zero-order chi connectivity index (χ0) is 33.3. The molecule has 1 aliphatic heterocycles. The molecule has 0 saturated carbocycles. The average Bonchev–Trinajstić information content (AvgIpc) is 3.00. The molecule has 0 saturated heterocycles. The number of ketones is 1. The second kappa shape index (κ2) is 14.8. The van der Waals surface area contributed by atoms with Crippen LogP contribution in [0.4, 0.5) is 0 Å². The van der Waals surface area contributed by atoms with Crippen LogP contribution in [0.5, 0.6) is 11.5 Å². The molecule has 0 atom stereocenters. The fourth-order valence-corrected chi connectivity index (χ4v) is 6.34. The summed E-state index contributed by atoms with van der Waals surface area (Å²) in [6, 6.07) is 14.6. The fraction of sp³-hybridized carbons (Fsp3) is 0.463. The molecule has 1 N–H and O–H groups in total. The quantitative estimate of drug-likeness (QED) is 0.0917. The van der Waals surface area contributed by atoms with E-state index in [1.807, 2.05) is 47.7 Å². The maximum absolute atomic E-state index is 12.2. The summed E-state index contributed by atoms with van der Waals surface area (Å²) in [5.41, 5.74) is 6.35. The van der Waals surface area contributed by atoms with Crippen LogP contribution >= 0.6 is 0 Å². The minimum Gasteiger partial charge on any atom is -0.512 e. The number of carbonyl (C=O) groups is 1. The molecule has 0 amide bonds. The van der Waals surface area contributed by atoms with Gasteiger partial charge in [-0.1, -0.05) is 95.2 Å². The van der Waals surface area contributed by atoms with Crippen molar-refractivity contribution >= 4 is 27.3 Å². The van der Waals surface area contributed by atoms with Crippen molar-refractivity contribution in [2.45, 2.75) is 108 Å². The normalized spacial score (nSPS) is 12.7. The van der Waals surface area contributed by atoms with Gasteiger partial charge in [0.05, 0.1) is 5.75 Å². The second-order valence-corrected chi connectivity index (χ2v) is 13.9. The van der Waals surface area contributed by atoms with E-state index in [1.54, 1.807) is 0 Å². The molecule has 1 radical (unpaired) electrons. The Morgan fingerprint density at radius 3 is 2.17 bits per heavy atom. The number of nitrogens with zero attached hydrogens (tertiary/aromatic N) is 1. The molecule has 0 unspecified atom stereocenters. The number of aliphatic hydroxyl groups excluding tert-OH is 1. The Morgan fingerprint density at radius 1 is 0.957 bits per heavy atom. The smallest absolute Gasteiger partial charge is 0.164 e. The van der Waals surface area contributed by atoms with E-state index in [-0.39, 0.29) is 42.5 Å². The van der Waals surface area contributed by atoms with E-state index in [4.69, 9.17) is 9.72 Å². The predicted octanol–water partition coefficient (Wildman–Crippen LogP) is 11.7. The third kappa shape index (κ3) is 7.26. The minimum absolute atomic E-state index is 0. The van der Waals surface area contributed by atoms with Gasteiger partial charge in [-0.15, -0.1) is 17.5 Å². The zero-order valence-corrected chi connectivity index (χ0v) is 32.1. The van der Waals surface area contributed by atoms with Crippen molar-refractivity contribution in [1.82, 2.24) is 4.98 Å². The van der Waals surface area contributed by atoms with Gasteiger partial charge in [0.1, 0.15) is 11.5 Å². The van der Waals surface area contributed by atoms with Crippen LogP contribution in [0.1, 0.15) is 103 Å². The van der Waals surface area contributed by atoms with Crippen molar-refractivity contribution in [2.75, 3.05) is 0 Å². The summed E-state index contributed by atoms with van der Waals surface area (Å²) in [5, 5.41) is 14.8. The average molecular weight is 799 g/mol. The number of aliphatic hydroxyl groups is 1. The predicted molar refractivity (Wildman–Crippen MR) is 189 cm³/mol. The van der Waals surface area contributed by atoms with E-state index >= 15 is 0 Å². The summed E-state index contributed by atoms with van der Waals surface area (Å²) in [6.07, 6.45) is 7.70. The van der Waals surface area contributed by atoms with Crippen molar-refractivity contribution in [3.05, 3.63) is 76.7 Å². The first-order valence-electron chi connectivity index (χ1n) is 16.7. The fourth-order valence-electron chi connectivity index (χ4n) is 6.34.